The van der Waals surface area contributed by atoms with Crippen LogP contribution in [0.1, 0.15) is 11.3 Å². The number of hydrogen-bond acceptors (Lipinski definition) is 4. The number of aryl methyl sites for hydroxylation is 2. The number of rotatable bonds is 0. The summed E-state index contributed by atoms with van der Waals surface area (Å²) in [4.78, 5) is 8.22. The van der Waals surface area contributed by atoms with Gasteiger partial charge in [-0.05, 0) is 29.9 Å². The molecule has 1 aliphatic rings. The summed E-state index contributed by atoms with van der Waals surface area (Å²) in [5, 5.41) is 0. The largest absolute Gasteiger partial charge is 0.368 e. The van der Waals surface area contributed by atoms with Crippen LogP contribution < -0.4 is 5.73 Å². The van der Waals surface area contributed by atoms with Crippen LogP contribution >= 0.6 is 11.8 Å². The summed E-state index contributed by atoms with van der Waals surface area (Å²) in [6.07, 6.45) is 3.98. The third-order valence-corrected chi connectivity index (χ3v) is 2.96. The van der Waals surface area contributed by atoms with E-state index < -0.39 is 0 Å². The fraction of sp³-hybridized carbons (Fsp3) is 0.500. The van der Waals surface area contributed by atoms with Crippen molar-refractivity contribution < 1.29 is 0 Å². The number of anilines is 1. The molecule has 0 aromatic carbocycles. The molecule has 0 aliphatic carbocycles. The number of nitrogens with zero attached hydrogens (tertiary/aromatic N) is 2. The van der Waals surface area contributed by atoms with Gasteiger partial charge in [-0.2, -0.15) is 11.8 Å². The number of thioether (sulfide) groups is 1. The number of hydrogen-bond donors (Lipinski definition) is 1. The third-order valence-electron chi connectivity index (χ3n) is 1.97. The van der Waals surface area contributed by atoms with E-state index in [1.165, 1.54) is 11.3 Å². The summed E-state index contributed by atoms with van der Waals surface area (Å²) in [7, 11) is 0. The molecule has 0 saturated heterocycles. The van der Waals surface area contributed by atoms with Gasteiger partial charge in [0.15, 0.2) is 0 Å². The first kappa shape index (κ1) is 7.86. The number of aromatic nitrogens is 2. The first-order valence-corrected chi connectivity index (χ1v) is 5.20. The van der Waals surface area contributed by atoms with Gasteiger partial charge in [0, 0.05) is 11.9 Å². The fourth-order valence-electron chi connectivity index (χ4n) is 1.34. The maximum Gasteiger partial charge on any atom is 0.220 e. The van der Waals surface area contributed by atoms with Crippen LogP contribution in [0.15, 0.2) is 6.20 Å². The third kappa shape index (κ3) is 1.53. The average Bonchev–Trinajstić information content (AvgIpc) is 2.28. The molecule has 1 aromatic rings. The smallest absolute Gasteiger partial charge is 0.220 e. The molecule has 1 aliphatic heterocycles. The van der Waals surface area contributed by atoms with Crippen LogP contribution in [-0.4, -0.2) is 21.5 Å². The van der Waals surface area contributed by atoms with E-state index in [-0.39, 0.29) is 0 Å². The SMILES string of the molecule is Nc1ncc2c(n1)CCSCC2. The Bertz CT molecular complexity index is 288. The Labute approximate surface area is 75.8 Å². The van der Waals surface area contributed by atoms with Crippen molar-refractivity contribution in [3.63, 3.8) is 0 Å². The van der Waals surface area contributed by atoms with Crippen LogP contribution in [0, 0.1) is 0 Å². The Balaban J connectivity index is 2.36. The Morgan fingerprint density at radius 2 is 2.17 bits per heavy atom. The van der Waals surface area contributed by atoms with Gasteiger partial charge < -0.3 is 5.73 Å². The molecule has 0 saturated carbocycles. The van der Waals surface area contributed by atoms with Crippen molar-refractivity contribution in [2.75, 3.05) is 17.2 Å². The predicted molar refractivity (Wildman–Crippen MR) is 51.2 cm³/mol. The minimum atomic E-state index is 0.403. The Hall–Kier alpha value is -0.770. The van der Waals surface area contributed by atoms with Crippen molar-refractivity contribution >= 4 is 17.7 Å². The normalized spacial score (nSPS) is 16.7. The second kappa shape index (κ2) is 3.31. The molecule has 0 amide bonds. The van der Waals surface area contributed by atoms with Gasteiger partial charge in [0.05, 0.1) is 0 Å². The Morgan fingerprint density at radius 1 is 1.33 bits per heavy atom. The van der Waals surface area contributed by atoms with Crippen molar-refractivity contribution in [3.05, 3.63) is 17.5 Å². The molecule has 2 heterocycles. The molecule has 4 heteroatoms. The van der Waals surface area contributed by atoms with Crippen LogP contribution in [0.5, 0.6) is 0 Å². The van der Waals surface area contributed by atoms with Crippen LogP contribution in [0.25, 0.3) is 0 Å². The Kier molecular flexibility index (Phi) is 2.17. The van der Waals surface area contributed by atoms with E-state index in [0.717, 1.165) is 24.3 Å². The highest BCUT2D eigenvalue weighted by atomic mass is 32.2. The molecule has 0 atom stereocenters. The van der Waals surface area contributed by atoms with Crippen molar-refractivity contribution in [2.45, 2.75) is 12.8 Å². The van der Waals surface area contributed by atoms with Crippen LogP contribution in [-0.2, 0) is 12.8 Å². The summed E-state index contributed by atoms with van der Waals surface area (Å²) in [5.41, 5.74) is 7.92. The summed E-state index contributed by atoms with van der Waals surface area (Å²) in [6.45, 7) is 0. The molecular weight excluding hydrogens is 170 g/mol. The van der Waals surface area contributed by atoms with Gasteiger partial charge in [-0.15, -0.1) is 0 Å². The van der Waals surface area contributed by atoms with E-state index in [1.54, 1.807) is 0 Å². The van der Waals surface area contributed by atoms with Crippen LogP contribution in [0.4, 0.5) is 5.95 Å². The molecule has 2 rings (SSSR count). The molecule has 0 fully saturated rings. The van der Waals surface area contributed by atoms with Crippen LogP contribution in [0.3, 0.4) is 0 Å². The zero-order chi connectivity index (χ0) is 8.39. The van der Waals surface area contributed by atoms with E-state index in [2.05, 4.69) is 9.97 Å². The lowest BCUT2D eigenvalue weighted by atomic mass is 10.1. The van der Waals surface area contributed by atoms with Gasteiger partial charge in [-0.25, -0.2) is 9.97 Å². The van der Waals surface area contributed by atoms with Gasteiger partial charge in [0.2, 0.25) is 5.95 Å². The van der Waals surface area contributed by atoms with Gasteiger partial charge in [-0.1, -0.05) is 0 Å². The minimum Gasteiger partial charge on any atom is -0.368 e. The van der Waals surface area contributed by atoms with E-state index in [0.29, 0.717) is 5.95 Å². The first-order chi connectivity index (χ1) is 5.86. The molecule has 0 unspecified atom stereocenters. The minimum absolute atomic E-state index is 0.403. The standard InChI is InChI=1S/C8H11N3S/c9-8-10-5-6-1-3-12-4-2-7(6)11-8/h5H,1-4H2,(H2,9,10,11). The van der Waals surface area contributed by atoms with E-state index in [9.17, 15) is 0 Å². The quantitative estimate of drug-likeness (QED) is 0.646. The summed E-state index contributed by atoms with van der Waals surface area (Å²) in [5.74, 6) is 2.74. The number of nitrogen functional groups attached to an aromatic ring is 1. The summed E-state index contributed by atoms with van der Waals surface area (Å²) < 4.78 is 0. The van der Waals surface area contributed by atoms with Gasteiger partial charge >= 0.3 is 0 Å². The van der Waals surface area contributed by atoms with E-state index >= 15 is 0 Å². The molecular formula is C8H11N3S. The van der Waals surface area contributed by atoms with E-state index in [4.69, 9.17) is 5.73 Å². The Morgan fingerprint density at radius 3 is 3.08 bits per heavy atom. The zero-order valence-electron chi connectivity index (χ0n) is 6.79. The molecule has 0 bridgehead atoms. The first-order valence-electron chi connectivity index (χ1n) is 4.04. The number of fused-ring (bicyclic) bond motifs is 1. The highest BCUT2D eigenvalue weighted by Gasteiger charge is 2.09. The summed E-state index contributed by atoms with van der Waals surface area (Å²) >= 11 is 1.97. The molecule has 3 nitrogen and oxygen atoms in total. The van der Waals surface area contributed by atoms with Crippen LogP contribution in [0.2, 0.25) is 0 Å². The van der Waals surface area contributed by atoms with Crippen molar-refractivity contribution in [1.82, 2.24) is 9.97 Å². The molecule has 12 heavy (non-hydrogen) atoms. The average molecular weight is 181 g/mol. The zero-order valence-corrected chi connectivity index (χ0v) is 7.60. The van der Waals surface area contributed by atoms with Gasteiger partial charge in [0.25, 0.3) is 0 Å². The highest BCUT2D eigenvalue weighted by molar-refractivity contribution is 7.99. The van der Waals surface area contributed by atoms with Crippen molar-refractivity contribution in [3.8, 4) is 0 Å². The lowest BCUT2D eigenvalue weighted by Crippen LogP contribution is -2.03. The van der Waals surface area contributed by atoms with Crippen molar-refractivity contribution in [1.29, 1.82) is 0 Å². The molecule has 0 radical (unpaired) electrons. The second-order valence-corrected chi connectivity index (χ2v) is 4.04. The maximum absolute atomic E-state index is 5.50. The lowest BCUT2D eigenvalue weighted by molar-refractivity contribution is 0.965. The van der Waals surface area contributed by atoms with Gasteiger partial charge in [-0.3, -0.25) is 0 Å². The topological polar surface area (TPSA) is 51.8 Å². The number of nitrogens with two attached hydrogens (primary N) is 1. The van der Waals surface area contributed by atoms with Crippen molar-refractivity contribution in [2.24, 2.45) is 0 Å². The lowest BCUT2D eigenvalue weighted by Gasteiger charge is -2.02. The van der Waals surface area contributed by atoms with E-state index in [1.807, 2.05) is 18.0 Å². The summed E-state index contributed by atoms with van der Waals surface area (Å²) in [6, 6.07) is 0. The molecule has 2 N–H and O–H groups in total. The molecule has 0 spiro atoms. The second-order valence-electron chi connectivity index (χ2n) is 2.81. The predicted octanol–water partition coefficient (Wildman–Crippen LogP) is 0.891. The van der Waals surface area contributed by atoms with Gasteiger partial charge in [0.1, 0.15) is 0 Å². The molecule has 64 valence electrons. The maximum atomic E-state index is 5.50. The molecule has 1 aromatic heterocycles. The monoisotopic (exact) mass is 181 g/mol. The highest BCUT2D eigenvalue weighted by Crippen LogP contribution is 2.17. The fourth-order valence-corrected chi connectivity index (χ4v) is 2.24.